The number of rotatable bonds is 8. The molecule has 0 saturated carbocycles. The van der Waals surface area contributed by atoms with Crippen molar-refractivity contribution in [1.82, 2.24) is 15.3 Å². The standard InChI is InChI=1S/C35H45N5O3/c1-4-40(27-13-17-43-18-14-27)32-20-26(25-11-12-33(36-21-25)39-15-7-8-16-39)19-30(23(32)2)34(41)37-22-31-29-10-6-5-9-28(29)24(3)38-35(31)42/h11-12,19-21,27H,4-10,13-18,22H2,1-3H3,(H,37,41)(H,38,42). The SMILES string of the molecule is CCN(c1cc(-c2ccc(N3CCCC3)nc2)cc(C(=O)NCc2c3c(c(C)[nH]c2=O)CCCC3)c1C)C1CCOCC1. The van der Waals surface area contributed by atoms with E-state index in [1.54, 1.807) is 0 Å². The van der Waals surface area contributed by atoms with Gasteiger partial charge < -0.3 is 24.8 Å². The highest BCUT2D eigenvalue weighted by molar-refractivity contribution is 5.99. The average Bonchev–Trinajstić information content (AvgIpc) is 3.58. The smallest absolute Gasteiger partial charge is 0.253 e. The maximum Gasteiger partial charge on any atom is 0.253 e. The van der Waals surface area contributed by atoms with E-state index in [4.69, 9.17) is 9.72 Å². The second-order valence-electron chi connectivity index (χ2n) is 12.3. The summed E-state index contributed by atoms with van der Waals surface area (Å²) in [6.45, 7) is 10.9. The van der Waals surface area contributed by atoms with Crippen LogP contribution in [0.4, 0.5) is 11.5 Å². The number of aromatic nitrogens is 2. The molecule has 0 bridgehead atoms. The van der Waals surface area contributed by atoms with Crippen molar-refractivity contribution in [2.45, 2.75) is 84.7 Å². The van der Waals surface area contributed by atoms with Gasteiger partial charge in [-0.05, 0) is 119 Å². The summed E-state index contributed by atoms with van der Waals surface area (Å²) in [6.07, 6.45) is 10.4. The quantitative estimate of drug-likeness (QED) is 0.366. The molecule has 2 fully saturated rings. The van der Waals surface area contributed by atoms with Crippen molar-refractivity contribution in [2.75, 3.05) is 42.6 Å². The van der Waals surface area contributed by atoms with Gasteiger partial charge in [0, 0.05) is 79.7 Å². The van der Waals surface area contributed by atoms with Gasteiger partial charge >= 0.3 is 0 Å². The third-order valence-electron chi connectivity index (χ3n) is 9.70. The molecule has 228 valence electrons. The molecule has 4 heterocycles. The summed E-state index contributed by atoms with van der Waals surface area (Å²) < 4.78 is 5.67. The lowest BCUT2D eigenvalue weighted by Gasteiger charge is -2.37. The Kier molecular flexibility index (Phi) is 8.84. The molecule has 8 nitrogen and oxygen atoms in total. The first-order valence-electron chi connectivity index (χ1n) is 16.2. The Hall–Kier alpha value is -3.65. The highest BCUT2D eigenvalue weighted by Gasteiger charge is 2.26. The van der Waals surface area contributed by atoms with Gasteiger partial charge in [0.25, 0.3) is 11.5 Å². The normalized spacial score (nSPS) is 17.1. The van der Waals surface area contributed by atoms with E-state index in [-0.39, 0.29) is 18.0 Å². The molecule has 3 aromatic rings. The highest BCUT2D eigenvalue weighted by Crippen LogP contribution is 2.34. The van der Waals surface area contributed by atoms with Crippen LogP contribution < -0.4 is 20.7 Å². The molecule has 0 spiro atoms. The Morgan fingerprint density at radius 1 is 1.05 bits per heavy atom. The second-order valence-corrected chi connectivity index (χ2v) is 12.3. The Morgan fingerprint density at radius 3 is 2.49 bits per heavy atom. The zero-order valence-electron chi connectivity index (χ0n) is 25.9. The lowest BCUT2D eigenvalue weighted by atomic mass is 9.88. The average molecular weight is 584 g/mol. The minimum Gasteiger partial charge on any atom is -0.381 e. The Morgan fingerprint density at radius 2 is 1.79 bits per heavy atom. The molecule has 2 aliphatic heterocycles. The molecule has 2 aromatic heterocycles. The summed E-state index contributed by atoms with van der Waals surface area (Å²) >= 11 is 0. The van der Waals surface area contributed by atoms with Crippen molar-refractivity contribution in [3.8, 4) is 11.1 Å². The molecule has 43 heavy (non-hydrogen) atoms. The zero-order chi connectivity index (χ0) is 29.9. The van der Waals surface area contributed by atoms with Gasteiger partial charge in [-0.15, -0.1) is 0 Å². The number of H-pyrrole nitrogens is 1. The number of hydrogen-bond acceptors (Lipinski definition) is 6. The number of nitrogens with zero attached hydrogens (tertiary/aromatic N) is 3. The minimum absolute atomic E-state index is 0.0922. The fourth-order valence-corrected chi connectivity index (χ4v) is 7.27. The van der Waals surface area contributed by atoms with Crippen molar-refractivity contribution in [2.24, 2.45) is 0 Å². The van der Waals surface area contributed by atoms with Crippen LogP contribution in [0.15, 0.2) is 35.3 Å². The first kappa shape index (κ1) is 29.4. The molecule has 1 aliphatic carbocycles. The zero-order valence-corrected chi connectivity index (χ0v) is 25.9. The van der Waals surface area contributed by atoms with E-state index in [1.807, 2.05) is 26.1 Å². The second kappa shape index (κ2) is 12.9. The van der Waals surface area contributed by atoms with Crippen molar-refractivity contribution in [3.63, 3.8) is 0 Å². The number of nitrogens with one attached hydrogen (secondary N) is 2. The van der Waals surface area contributed by atoms with E-state index < -0.39 is 0 Å². The van der Waals surface area contributed by atoms with Gasteiger partial charge in [0.2, 0.25) is 0 Å². The van der Waals surface area contributed by atoms with Crippen molar-refractivity contribution in [1.29, 1.82) is 0 Å². The Balaban J connectivity index is 1.34. The van der Waals surface area contributed by atoms with Crippen molar-refractivity contribution >= 4 is 17.4 Å². The van der Waals surface area contributed by atoms with Crippen LogP contribution in [0.3, 0.4) is 0 Å². The topological polar surface area (TPSA) is 90.6 Å². The van der Waals surface area contributed by atoms with E-state index in [2.05, 4.69) is 45.2 Å². The molecular formula is C35H45N5O3. The molecular weight excluding hydrogens is 538 g/mol. The molecule has 0 radical (unpaired) electrons. The molecule has 1 aromatic carbocycles. The number of carbonyl (C=O) groups is 1. The van der Waals surface area contributed by atoms with Gasteiger partial charge in [-0.25, -0.2) is 4.98 Å². The van der Waals surface area contributed by atoms with E-state index in [1.165, 1.54) is 18.4 Å². The number of fused-ring (bicyclic) bond motifs is 1. The predicted molar refractivity (Wildman–Crippen MR) is 172 cm³/mol. The van der Waals surface area contributed by atoms with Crippen LogP contribution in [0.25, 0.3) is 11.1 Å². The lowest BCUT2D eigenvalue weighted by Crippen LogP contribution is -2.40. The fourth-order valence-electron chi connectivity index (χ4n) is 7.27. The van der Waals surface area contributed by atoms with Gasteiger partial charge in [0.1, 0.15) is 5.82 Å². The van der Waals surface area contributed by atoms with Gasteiger partial charge in [-0.1, -0.05) is 0 Å². The van der Waals surface area contributed by atoms with Gasteiger partial charge in [-0.3, -0.25) is 9.59 Å². The largest absolute Gasteiger partial charge is 0.381 e. The number of benzene rings is 1. The molecule has 2 N–H and O–H groups in total. The summed E-state index contributed by atoms with van der Waals surface area (Å²) in [7, 11) is 0. The van der Waals surface area contributed by atoms with Gasteiger partial charge in [-0.2, -0.15) is 0 Å². The van der Waals surface area contributed by atoms with Crippen LogP contribution in [0.2, 0.25) is 0 Å². The summed E-state index contributed by atoms with van der Waals surface area (Å²) in [5, 5.41) is 3.14. The van der Waals surface area contributed by atoms with Crippen LogP contribution in [-0.2, 0) is 24.1 Å². The van der Waals surface area contributed by atoms with E-state index in [0.717, 1.165) is 111 Å². The van der Waals surface area contributed by atoms with Gasteiger partial charge in [0.15, 0.2) is 0 Å². The third kappa shape index (κ3) is 6.07. The summed E-state index contributed by atoms with van der Waals surface area (Å²) in [4.78, 5) is 39.6. The van der Waals surface area contributed by atoms with Crippen LogP contribution in [0.5, 0.6) is 0 Å². The number of carbonyl (C=O) groups excluding carboxylic acids is 1. The maximum absolute atomic E-state index is 14.0. The van der Waals surface area contributed by atoms with Crippen LogP contribution in [0.1, 0.15) is 83.8 Å². The molecule has 6 rings (SSSR count). The number of anilines is 2. The van der Waals surface area contributed by atoms with E-state index >= 15 is 0 Å². The molecule has 1 amide bonds. The van der Waals surface area contributed by atoms with Gasteiger partial charge in [0.05, 0.1) is 0 Å². The number of hydrogen-bond donors (Lipinski definition) is 2. The Bertz CT molecular complexity index is 1520. The summed E-state index contributed by atoms with van der Waals surface area (Å²) in [5.41, 5.74) is 8.57. The first-order valence-corrected chi connectivity index (χ1v) is 16.2. The van der Waals surface area contributed by atoms with E-state index in [9.17, 15) is 9.59 Å². The van der Waals surface area contributed by atoms with Crippen LogP contribution in [0, 0.1) is 13.8 Å². The number of aromatic amines is 1. The Labute approximate surface area is 254 Å². The molecule has 2 saturated heterocycles. The lowest BCUT2D eigenvalue weighted by molar-refractivity contribution is 0.0846. The summed E-state index contributed by atoms with van der Waals surface area (Å²) in [5.74, 6) is 0.852. The predicted octanol–water partition coefficient (Wildman–Crippen LogP) is 5.47. The highest BCUT2D eigenvalue weighted by atomic mass is 16.5. The van der Waals surface area contributed by atoms with E-state index in [0.29, 0.717) is 17.2 Å². The third-order valence-corrected chi connectivity index (χ3v) is 9.70. The maximum atomic E-state index is 14.0. The first-order chi connectivity index (χ1) is 20.9. The number of amides is 1. The minimum atomic E-state index is -0.158. The molecule has 8 heteroatoms. The molecule has 0 unspecified atom stereocenters. The van der Waals surface area contributed by atoms with Crippen molar-refractivity contribution in [3.05, 3.63) is 74.3 Å². The number of pyridine rings is 2. The number of aryl methyl sites for hydroxylation is 1. The molecule has 0 atom stereocenters. The summed E-state index contributed by atoms with van der Waals surface area (Å²) in [6, 6.07) is 8.80. The monoisotopic (exact) mass is 583 g/mol. The van der Waals surface area contributed by atoms with Crippen LogP contribution in [-0.4, -0.2) is 54.8 Å². The fraction of sp³-hybridized carbons (Fsp3) is 0.514. The van der Waals surface area contributed by atoms with Crippen LogP contribution >= 0.6 is 0 Å². The molecule has 3 aliphatic rings. The van der Waals surface area contributed by atoms with Crippen molar-refractivity contribution < 1.29 is 9.53 Å². The number of ether oxygens (including phenoxy) is 1.